The lowest BCUT2D eigenvalue weighted by molar-refractivity contribution is 0.464. The Balaban J connectivity index is 0.872. The first-order valence-electron chi connectivity index (χ1n) is 25.0. The fourth-order valence-corrected chi connectivity index (χ4v) is 12.8. The van der Waals surface area contributed by atoms with Crippen molar-refractivity contribution in [1.29, 1.82) is 0 Å². The highest BCUT2D eigenvalue weighted by Gasteiger charge is 2.41. The maximum Gasteiger partial charge on any atom is 0.260 e. The van der Waals surface area contributed by atoms with E-state index in [4.69, 9.17) is 9.47 Å². The van der Waals surface area contributed by atoms with Crippen molar-refractivity contribution in [3.8, 4) is 45.7 Å². The maximum absolute atomic E-state index is 7.28. The minimum atomic E-state index is -0.141. The lowest BCUT2D eigenvalue weighted by Crippen LogP contribution is -2.57. The quantitative estimate of drug-likeness (QED) is 0.165. The Hall–Kier alpha value is -9.72. The largest absolute Gasteiger partial charge is 0.458 e. The smallest absolute Gasteiger partial charge is 0.260 e. The maximum atomic E-state index is 7.28. The highest BCUT2D eigenvalue weighted by atomic mass is 16.5. The summed E-state index contributed by atoms with van der Waals surface area (Å²) in [5.74, 6) is 3.25. The molecule has 0 saturated carbocycles. The van der Waals surface area contributed by atoms with Crippen LogP contribution >= 0.6 is 0 Å². The van der Waals surface area contributed by atoms with Gasteiger partial charge in [0.15, 0.2) is 0 Å². The number of hydrogen-bond donors (Lipinski definition) is 0. The molecule has 11 aromatic carbocycles. The molecule has 6 heterocycles. The summed E-state index contributed by atoms with van der Waals surface area (Å²) in [5, 5.41) is 9.75. The van der Waals surface area contributed by atoms with Crippen molar-refractivity contribution in [2.24, 2.45) is 0 Å². The highest BCUT2D eigenvalue weighted by molar-refractivity contribution is 6.98. The summed E-state index contributed by atoms with van der Waals surface area (Å²) in [6.07, 6.45) is 0. The van der Waals surface area contributed by atoms with Crippen LogP contribution in [0.4, 0.5) is 0 Å². The van der Waals surface area contributed by atoms with Crippen molar-refractivity contribution >= 4 is 110 Å². The van der Waals surface area contributed by atoms with Crippen LogP contribution in [0.25, 0.3) is 110 Å². The second kappa shape index (κ2) is 14.4. The Morgan fingerprint density at radius 2 is 0.507 bits per heavy atom. The molecule has 0 atom stereocenters. The molecule has 2 aliphatic heterocycles. The van der Waals surface area contributed by atoms with Crippen molar-refractivity contribution in [3.63, 3.8) is 0 Å². The lowest BCUT2D eigenvalue weighted by atomic mass is 9.35. The minimum absolute atomic E-state index is 0.141. The molecule has 73 heavy (non-hydrogen) atoms. The van der Waals surface area contributed by atoms with Gasteiger partial charge in [-0.25, -0.2) is 0 Å². The van der Waals surface area contributed by atoms with Gasteiger partial charge in [0.2, 0.25) is 0 Å². The Morgan fingerprint density at radius 3 is 0.877 bits per heavy atom. The molecule has 0 spiro atoms. The lowest BCUT2D eigenvalue weighted by Gasteiger charge is -2.34. The summed E-state index contributed by atoms with van der Waals surface area (Å²) in [7, 11) is 0. The monoisotopic (exact) mass is 930 g/mol. The Morgan fingerprint density at radius 1 is 0.233 bits per heavy atom. The Kier molecular flexibility index (Phi) is 7.73. The molecule has 2 aliphatic rings. The first-order chi connectivity index (χ1) is 36.2. The van der Waals surface area contributed by atoms with E-state index in [1.165, 1.54) is 54.1 Å². The molecule has 338 valence electrons. The van der Waals surface area contributed by atoms with Crippen LogP contribution in [0.5, 0.6) is 23.0 Å². The van der Waals surface area contributed by atoms with Crippen LogP contribution in [-0.2, 0) is 0 Å². The zero-order chi connectivity index (χ0) is 47.5. The zero-order valence-corrected chi connectivity index (χ0v) is 39.2. The Labute approximate surface area is 418 Å². The van der Waals surface area contributed by atoms with Crippen LogP contribution < -0.4 is 25.9 Å². The van der Waals surface area contributed by atoms with E-state index in [0.717, 1.165) is 95.2 Å². The van der Waals surface area contributed by atoms with Gasteiger partial charge in [-0.3, -0.25) is 0 Å². The average Bonchev–Trinajstić information content (AvgIpc) is 4.18. The Bertz CT molecular complexity index is 4740. The number of para-hydroxylation sites is 7. The molecule has 0 amide bonds. The van der Waals surface area contributed by atoms with Crippen molar-refractivity contribution in [1.82, 2.24) is 18.3 Å². The SMILES string of the molecule is c1ccc2c(c1)c1ccccc1n2-c1ccc2c(c1)Oc1cc(-n3c4ccccc4c4ccccc43)cc3c1B2c1ccc(-n2c4ccccc4c4cc(-n5c6ccccc6c6ccccc65)ccc42)cc1O3. The molecule has 4 aromatic heterocycles. The summed E-state index contributed by atoms with van der Waals surface area (Å²) in [6, 6.07) is 85.8. The van der Waals surface area contributed by atoms with Crippen LogP contribution in [-0.4, -0.2) is 25.0 Å². The molecular formula is C66H39BN4O2. The summed E-state index contributed by atoms with van der Waals surface area (Å²) < 4.78 is 24.0. The summed E-state index contributed by atoms with van der Waals surface area (Å²) in [4.78, 5) is 0. The van der Waals surface area contributed by atoms with E-state index in [-0.39, 0.29) is 6.71 Å². The van der Waals surface area contributed by atoms with E-state index >= 15 is 0 Å². The van der Waals surface area contributed by atoms with Crippen LogP contribution in [0.3, 0.4) is 0 Å². The van der Waals surface area contributed by atoms with E-state index < -0.39 is 0 Å². The van der Waals surface area contributed by atoms with Gasteiger partial charge in [-0.05, 0) is 83.7 Å². The molecular weight excluding hydrogens is 892 g/mol. The van der Waals surface area contributed by atoms with E-state index in [0.29, 0.717) is 0 Å². The number of hydrogen-bond acceptors (Lipinski definition) is 2. The predicted molar refractivity (Wildman–Crippen MR) is 301 cm³/mol. The van der Waals surface area contributed by atoms with Gasteiger partial charge in [-0.2, -0.15) is 0 Å². The van der Waals surface area contributed by atoms with Gasteiger partial charge in [0.1, 0.15) is 23.0 Å². The van der Waals surface area contributed by atoms with Crippen LogP contribution in [0.15, 0.2) is 237 Å². The summed E-state index contributed by atoms with van der Waals surface area (Å²) in [6.45, 7) is -0.141. The average molecular weight is 931 g/mol. The predicted octanol–water partition coefficient (Wildman–Crippen LogP) is 14.8. The van der Waals surface area contributed by atoms with Gasteiger partial charge in [0, 0.05) is 89.9 Å². The van der Waals surface area contributed by atoms with E-state index in [2.05, 4.69) is 255 Å². The van der Waals surface area contributed by atoms with E-state index in [9.17, 15) is 0 Å². The fraction of sp³-hybridized carbons (Fsp3) is 0. The first-order valence-corrected chi connectivity index (χ1v) is 25.0. The van der Waals surface area contributed by atoms with Crippen LogP contribution in [0, 0.1) is 0 Å². The third-order valence-electron chi connectivity index (χ3n) is 15.9. The zero-order valence-electron chi connectivity index (χ0n) is 39.2. The molecule has 0 fully saturated rings. The minimum Gasteiger partial charge on any atom is -0.458 e. The molecule has 0 saturated heterocycles. The molecule has 17 rings (SSSR count). The number of benzene rings is 11. The van der Waals surface area contributed by atoms with Crippen molar-refractivity contribution in [2.45, 2.75) is 0 Å². The molecule has 6 nitrogen and oxygen atoms in total. The third kappa shape index (κ3) is 5.32. The molecule has 0 aliphatic carbocycles. The van der Waals surface area contributed by atoms with Gasteiger partial charge in [0.05, 0.1) is 49.8 Å². The number of aromatic nitrogens is 4. The van der Waals surface area contributed by atoms with Gasteiger partial charge in [-0.15, -0.1) is 0 Å². The second-order valence-electron chi connectivity index (χ2n) is 19.6. The van der Waals surface area contributed by atoms with Gasteiger partial charge >= 0.3 is 0 Å². The normalized spacial score (nSPS) is 12.8. The van der Waals surface area contributed by atoms with Crippen LogP contribution in [0.2, 0.25) is 0 Å². The summed E-state index contributed by atoms with van der Waals surface area (Å²) in [5.41, 5.74) is 16.7. The van der Waals surface area contributed by atoms with Gasteiger partial charge in [0.25, 0.3) is 6.71 Å². The number of ether oxygens (including phenoxy) is 2. The highest BCUT2D eigenvalue weighted by Crippen LogP contribution is 2.43. The number of fused-ring (bicyclic) bond motifs is 16. The standard InChI is InChI=1S/C66H39BN4O2/c1-8-22-54-44(15-1)45-16-2-9-23-55(45)68(54)40-31-34-61-51(35-40)50-21-7-14-28-60(50)70(61)42-30-33-53-63(37-42)73-65-39-43(71-58-26-12-5-19-48(58)49-20-6-13-27-59(49)71)38-64-66(65)67(53)52-32-29-41(36-62(52)72-64)69-56-24-10-3-17-46(56)47-18-4-11-25-57(47)69/h1-39H. The molecule has 15 aromatic rings. The molecule has 0 bridgehead atoms. The molecule has 0 N–H and O–H groups in total. The first kappa shape index (κ1) is 39.1. The topological polar surface area (TPSA) is 38.2 Å². The number of nitrogens with zero attached hydrogens (tertiary/aromatic N) is 4. The van der Waals surface area contributed by atoms with Crippen molar-refractivity contribution in [2.75, 3.05) is 0 Å². The van der Waals surface area contributed by atoms with Crippen molar-refractivity contribution in [3.05, 3.63) is 237 Å². The second-order valence-corrected chi connectivity index (χ2v) is 19.6. The van der Waals surface area contributed by atoms with Crippen molar-refractivity contribution < 1.29 is 9.47 Å². The van der Waals surface area contributed by atoms with E-state index in [1.54, 1.807) is 0 Å². The fourth-order valence-electron chi connectivity index (χ4n) is 12.8. The van der Waals surface area contributed by atoms with Gasteiger partial charge in [-0.1, -0.05) is 140 Å². The van der Waals surface area contributed by atoms with Gasteiger partial charge < -0.3 is 27.7 Å². The molecule has 0 radical (unpaired) electrons. The van der Waals surface area contributed by atoms with Crippen LogP contribution in [0.1, 0.15) is 0 Å². The molecule has 0 unspecified atom stereocenters. The van der Waals surface area contributed by atoms with E-state index in [1.807, 2.05) is 0 Å². The third-order valence-corrected chi connectivity index (χ3v) is 15.9. The molecule has 7 heteroatoms. The summed E-state index contributed by atoms with van der Waals surface area (Å²) >= 11 is 0. The number of rotatable bonds is 4.